The van der Waals surface area contributed by atoms with Crippen LogP contribution in [0.15, 0.2) is 89.2 Å². The van der Waals surface area contributed by atoms with E-state index in [1.165, 1.54) is 5.56 Å². The van der Waals surface area contributed by atoms with Gasteiger partial charge >= 0.3 is 0 Å². The van der Waals surface area contributed by atoms with E-state index in [0.29, 0.717) is 11.6 Å². The molecule has 0 amide bonds. The Hall–Kier alpha value is -3.49. The molecule has 0 radical (unpaired) electrons. The van der Waals surface area contributed by atoms with Crippen molar-refractivity contribution in [3.8, 4) is 0 Å². The summed E-state index contributed by atoms with van der Waals surface area (Å²) in [6.07, 6.45) is 5.19. The average molecular weight is 486 g/mol. The first kappa shape index (κ1) is 22.0. The summed E-state index contributed by atoms with van der Waals surface area (Å²) in [6, 6.07) is 21.3. The zero-order chi connectivity index (χ0) is 24.0. The number of piperidine rings is 1. The predicted molar refractivity (Wildman–Crippen MR) is 136 cm³/mol. The number of likely N-dealkylation sites (tertiary alicyclic amines) is 1. The highest BCUT2D eigenvalue weighted by Gasteiger charge is 2.34. The molecule has 6 rings (SSSR count). The highest BCUT2D eigenvalue weighted by Crippen LogP contribution is 2.37. The minimum Gasteiger partial charge on any atom is -0.346 e. The van der Waals surface area contributed by atoms with Crippen LogP contribution in [-0.2, 0) is 16.4 Å². The maximum absolute atomic E-state index is 13.8. The van der Waals surface area contributed by atoms with Gasteiger partial charge in [-0.2, -0.15) is 0 Å². The Morgan fingerprint density at radius 1 is 1.03 bits per heavy atom. The van der Waals surface area contributed by atoms with Gasteiger partial charge in [0.05, 0.1) is 16.6 Å². The van der Waals surface area contributed by atoms with E-state index in [1.807, 2.05) is 29.0 Å². The van der Waals surface area contributed by atoms with Gasteiger partial charge in [-0.15, -0.1) is 0 Å². The monoisotopic (exact) mass is 485 g/mol. The Labute approximate surface area is 204 Å². The molecule has 8 heteroatoms. The van der Waals surface area contributed by atoms with Gasteiger partial charge in [-0.25, -0.2) is 18.4 Å². The standard InChI is InChI=1S/C27H27N5O2S/c1-19-16-21(13-15-31(19)18-20-8-4-2-5-9-20)32-25-23-12-14-28-26(23)29-17-24(25)30-27(32)35(33,34)22-10-6-3-7-11-22/h2-12,14,17,19,21H,13,15-16,18H2,1H3,(H,28,29). The molecule has 2 atom stereocenters. The van der Waals surface area contributed by atoms with Crippen molar-refractivity contribution in [2.75, 3.05) is 6.54 Å². The molecule has 5 aromatic rings. The van der Waals surface area contributed by atoms with Crippen LogP contribution in [0.3, 0.4) is 0 Å². The van der Waals surface area contributed by atoms with Crippen molar-refractivity contribution in [2.45, 2.75) is 48.4 Å². The number of H-pyrrole nitrogens is 1. The number of aromatic nitrogens is 4. The van der Waals surface area contributed by atoms with Gasteiger partial charge in [-0.05, 0) is 43.5 Å². The second-order valence-electron chi connectivity index (χ2n) is 9.30. The molecule has 0 spiro atoms. The number of hydrogen-bond donors (Lipinski definition) is 1. The lowest BCUT2D eigenvalue weighted by atomic mass is 9.97. The highest BCUT2D eigenvalue weighted by molar-refractivity contribution is 7.91. The van der Waals surface area contributed by atoms with E-state index in [2.05, 4.69) is 51.0 Å². The van der Waals surface area contributed by atoms with Crippen LogP contribution in [0.1, 0.15) is 31.4 Å². The number of hydrogen-bond acceptors (Lipinski definition) is 5. The third-order valence-corrected chi connectivity index (χ3v) is 8.74. The second-order valence-corrected chi connectivity index (χ2v) is 11.1. The first-order valence-corrected chi connectivity index (χ1v) is 13.4. The molecule has 0 saturated carbocycles. The van der Waals surface area contributed by atoms with Gasteiger partial charge < -0.3 is 9.55 Å². The molecule has 1 fully saturated rings. The predicted octanol–water partition coefficient (Wildman–Crippen LogP) is 4.97. The van der Waals surface area contributed by atoms with Crippen molar-refractivity contribution in [2.24, 2.45) is 0 Å². The number of imidazole rings is 1. The number of nitrogens with zero attached hydrogens (tertiary/aromatic N) is 4. The lowest BCUT2D eigenvalue weighted by Gasteiger charge is -2.38. The smallest absolute Gasteiger partial charge is 0.240 e. The Morgan fingerprint density at radius 3 is 2.51 bits per heavy atom. The van der Waals surface area contributed by atoms with E-state index in [1.54, 1.807) is 30.5 Å². The topological polar surface area (TPSA) is 83.9 Å². The molecular weight excluding hydrogens is 458 g/mol. The SMILES string of the molecule is CC1CC(n2c(S(=O)(=O)c3ccccc3)nc3cnc4[nH]ccc4c32)CCN1Cc1ccccc1. The van der Waals surface area contributed by atoms with Crippen LogP contribution in [0.4, 0.5) is 0 Å². The molecule has 35 heavy (non-hydrogen) atoms. The molecule has 4 heterocycles. The maximum Gasteiger partial charge on any atom is 0.240 e. The largest absolute Gasteiger partial charge is 0.346 e. The number of sulfone groups is 1. The van der Waals surface area contributed by atoms with E-state index >= 15 is 0 Å². The molecule has 2 aromatic carbocycles. The molecule has 0 aliphatic carbocycles. The van der Waals surface area contributed by atoms with Gasteiger partial charge in [0.2, 0.25) is 15.0 Å². The van der Waals surface area contributed by atoms with E-state index in [9.17, 15) is 8.42 Å². The number of rotatable bonds is 5. The fourth-order valence-corrected chi connectivity index (χ4v) is 6.73. The average Bonchev–Trinajstić information content (AvgIpc) is 3.51. The van der Waals surface area contributed by atoms with Gasteiger partial charge in [-0.1, -0.05) is 48.5 Å². The summed E-state index contributed by atoms with van der Waals surface area (Å²) in [4.78, 5) is 15.0. The minimum absolute atomic E-state index is 0.0102. The summed E-state index contributed by atoms with van der Waals surface area (Å²) in [5.74, 6) is 0. The molecule has 3 aromatic heterocycles. The fraction of sp³-hybridized carbons (Fsp3) is 0.259. The quantitative estimate of drug-likeness (QED) is 0.380. The second kappa shape index (κ2) is 8.62. The van der Waals surface area contributed by atoms with E-state index in [4.69, 9.17) is 0 Å². The lowest BCUT2D eigenvalue weighted by Crippen LogP contribution is -2.41. The summed E-state index contributed by atoms with van der Waals surface area (Å²) in [5.41, 5.74) is 3.46. The van der Waals surface area contributed by atoms with Gasteiger partial charge in [0.15, 0.2) is 0 Å². The van der Waals surface area contributed by atoms with Crippen molar-refractivity contribution in [1.82, 2.24) is 24.4 Å². The van der Waals surface area contributed by atoms with Crippen LogP contribution < -0.4 is 0 Å². The Balaban J connectivity index is 1.44. The Morgan fingerprint density at radius 2 is 1.77 bits per heavy atom. The summed E-state index contributed by atoms with van der Waals surface area (Å²) < 4.78 is 29.6. The summed E-state index contributed by atoms with van der Waals surface area (Å²) >= 11 is 0. The molecule has 178 valence electrons. The summed E-state index contributed by atoms with van der Waals surface area (Å²) in [6.45, 7) is 4.00. The van der Waals surface area contributed by atoms with Crippen molar-refractivity contribution in [1.29, 1.82) is 0 Å². The van der Waals surface area contributed by atoms with E-state index in [-0.39, 0.29) is 16.1 Å². The Kier molecular flexibility index (Phi) is 5.42. The Bertz CT molecular complexity index is 1590. The fourth-order valence-electron chi connectivity index (χ4n) is 5.29. The molecule has 1 aliphatic rings. The molecule has 1 saturated heterocycles. The summed E-state index contributed by atoms with van der Waals surface area (Å²) in [7, 11) is -3.81. The van der Waals surface area contributed by atoms with Gasteiger partial charge in [0.1, 0.15) is 11.2 Å². The van der Waals surface area contributed by atoms with Crippen molar-refractivity contribution in [3.05, 3.63) is 84.7 Å². The molecule has 0 bridgehead atoms. The van der Waals surface area contributed by atoms with Crippen molar-refractivity contribution >= 4 is 31.9 Å². The lowest BCUT2D eigenvalue weighted by molar-refractivity contribution is 0.117. The molecule has 7 nitrogen and oxygen atoms in total. The van der Waals surface area contributed by atoms with Crippen LogP contribution in [0.5, 0.6) is 0 Å². The zero-order valence-corrected chi connectivity index (χ0v) is 20.3. The van der Waals surface area contributed by atoms with Crippen LogP contribution in [-0.4, -0.2) is 45.4 Å². The third kappa shape index (κ3) is 3.83. The number of aromatic amines is 1. The highest BCUT2D eigenvalue weighted by atomic mass is 32.2. The maximum atomic E-state index is 13.8. The van der Waals surface area contributed by atoms with Crippen LogP contribution >= 0.6 is 0 Å². The first-order chi connectivity index (χ1) is 17.0. The van der Waals surface area contributed by atoms with E-state index < -0.39 is 9.84 Å². The van der Waals surface area contributed by atoms with Crippen LogP contribution in [0.2, 0.25) is 0 Å². The van der Waals surface area contributed by atoms with Gasteiger partial charge in [-0.3, -0.25) is 4.90 Å². The van der Waals surface area contributed by atoms with Crippen LogP contribution in [0.25, 0.3) is 22.1 Å². The van der Waals surface area contributed by atoms with Gasteiger partial charge in [0, 0.05) is 36.8 Å². The van der Waals surface area contributed by atoms with Crippen LogP contribution in [0, 0.1) is 0 Å². The number of pyridine rings is 1. The number of nitrogens with one attached hydrogen (secondary N) is 1. The first-order valence-electron chi connectivity index (χ1n) is 11.9. The van der Waals surface area contributed by atoms with E-state index in [0.717, 1.165) is 42.5 Å². The molecule has 2 unspecified atom stereocenters. The van der Waals surface area contributed by atoms with Crippen molar-refractivity contribution in [3.63, 3.8) is 0 Å². The zero-order valence-electron chi connectivity index (χ0n) is 19.5. The third-order valence-electron chi connectivity index (χ3n) is 7.08. The molecule has 1 N–H and O–H groups in total. The molecule has 1 aliphatic heterocycles. The normalized spacial score (nSPS) is 19.5. The minimum atomic E-state index is -3.81. The summed E-state index contributed by atoms with van der Waals surface area (Å²) in [5, 5.41) is 0.992. The number of fused-ring (bicyclic) bond motifs is 3. The number of benzene rings is 2. The van der Waals surface area contributed by atoms with Gasteiger partial charge in [0.25, 0.3) is 0 Å². The molecular formula is C27H27N5O2S. The van der Waals surface area contributed by atoms with Crippen molar-refractivity contribution < 1.29 is 8.42 Å².